The summed E-state index contributed by atoms with van der Waals surface area (Å²) in [4.78, 5) is 0. The minimum Gasteiger partial charge on any atom is -0.376 e. The first-order chi connectivity index (χ1) is 8.39. The Kier molecular flexibility index (Phi) is 9.70. The van der Waals surface area contributed by atoms with Crippen molar-refractivity contribution in [3.63, 3.8) is 0 Å². The van der Waals surface area contributed by atoms with Crippen LogP contribution in [-0.2, 0) is 14.2 Å². The Bertz CT molecular complexity index is 181. The fourth-order valence-electron chi connectivity index (χ4n) is 2.13. The van der Waals surface area contributed by atoms with Crippen LogP contribution in [0.1, 0.15) is 54.4 Å². The van der Waals surface area contributed by atoms with Crippen molar-refractivity contribution in [2.45, 2.75) is 60.7 Å². The molecule has 0 amide bonds. The summed E-state index contributed by atoms with van der Waals surface area (Å²) in [6.45, 7) is 15.7. The molecule has 110 valence electrons. The van der Waals surface area contributed by atoms with Gasteiger partial charge in [-0.3, -0.25) is 0 Å². The Morgan fingerprint density at radius 3 is 2.00 bits per heavy atom. The fraction of sp³-hybridized carbons (Fsp3) is 1.00. The molecule has 0 aromatic rings. The summed E-state index contributed by atoms with van der Waals surface area (Å²) in [5.41, 5.74) is 0.401. The van der Waals surface area contributed by atoms with Gasteiger partial charge in [-0.25, -0.2) is 0 Å². The lowest BCUT2D eigenvalue weighted by Crippen LogP contribution is -2.24. The third-order valence-corrected chi connectivity index (χ3v) is 2.67. The molecule has 0 aliphatic carbocycles. The van der Waals surface area contributed by atoms with Crippen LogP contribution >= 0.6 is 0 Å². The molecule has 0 heterocycles. The van der Waals surface area contributed by atoms with Crippen LogP contribution in [0.25, 0.3) is 0 Å². The summed E-state index contributed by atoms with van der Waals surface area (Å²) in [5, 5.41) is 0. The highest BCUT2D eigenvalue weighted by molar-refractivity contribution is 4.66. The molecule has 0 radical (unpaired) electrons. The van der Waals surface area contributed by atoms with E-state index in [0.717, 1.165) is 13.0 Å². The van der Waals surface area contributed by atoms with E-state index in [-0.39, 0.29) is 6.29 Å². The molecule has 1 atom stereocenters. The zero-order valence-corrected chi connectivity index (χ0v) is 13.1. The first-order valence-electron chi connectivity index (χ1n) is 7.20. The maximum atomic E-state index is 5.64. The first kappa shape index (κ1) is 17.9. The minimum atomic E-state index is -0.210. The number of hydrogen-bond donors (Lipinski definition) is 0. The quantitative estimate of drug-likeness (QED) is 0.441. The van der Waals surface area contributed by atoms with Gasteiger partial charge in [-0.2, -0.15) is 0 Å². The molecule has 0 aliphatic rings. The van der Waals surface area contributed by atoms with E-state index < -0.39 is 0 Å². The van der Waals surface area contributed by atoms with Crippen molar-refractivity contribution in [2.24, 2.45) is 11.3 Å². The SMILES string of the molecule is CCOC(COCCC(C)CC(C)(C)C)OCC. The van der Waals surface area contributed by atoms with Crippen molar-refractivity contribution >= 4 is 0 Å². The summed E-state index contributed by atoms with van der Waals surface area (Å²) in [6, 6.07) is 0. The summed E-state index contributed by atoms with van der Waals surface area (Å²) < 4.78 is 16.5. The summed E-state index contributed by atoms with van der Waals surface area (Å²) in [5.74, 6) is 0.697. The van der Waals surface area contributed by atoms with E-state index in [4.69, 9.17) is 14.2 Å². The molecular formula is C15H32O3. The second kappa shape index (κ2) is 9.76. The van der Waals surface area contributed by atoms with Gasteiger partial charge in [-0.15, -0.1) is 0 Å². The summed E-state index contributed by atoms with van der Waals surface area (Å²) in [6.07, 6.45) is 2.12. The van der Waals surface area contributed by atoms with Crippen molar-refractivity contribution in [2.75, 3.05) is 26.4 Å². The Morgan fingerprint density at radius 1 is 1.00 bits per heavy atom. The van der Waals surface area contributed by atoms with Crippen LogP contribution in [0.4, 0.5) is 0 Å². The standard InChI is InChI=1S/C15H32O3/c1-7-17-14(18-8-2)12-16-10-9-13(3)11-15(4,5)6/h13-14H,7-12H2,1-6H3. The number of rotatable bonds is 10. The lowest BCUT2D eigenvalue weighted by atomic mass is 9.84. The van der Waals surface area contributed by atoms with E-state index in [1.807, 2.05) is 13.8 Å². The van der Waals surface area contributed by atoms with Gasteiger partial charge in [0, 0.05) is 19.8 Å². The Labute approximate surface area is 113 Å². The van der Waals surface area contributed by atoms with Gasteiger partial charge in [-0.1, -0.05) is 27.7 Å². The van der Waals surface area contributed by atoms with Crippen molar-refractivity contribution in [3.05, 3.63) is 0 Å². The minimum absolute atomic E-state index is 0.210. The summed E-state index contributed by atoms with van der Waals surface area (Å²) >= 11 is 0. The zero-order chi connectivity index (χ0) is 14.0. The van der Waals surface area contributed by atoms with Crippen LogP contribution in [0.5, 0.6) is 0 Å². The largest absolute Gasteiger partial charge is 0.376 e. The topological polar surface area (TPSA) is 27.7 Å². The molecule has 1 unspecified atom stereocenters. The van der Waals surface area contributed by atoms with Crippen LogP contribution < -0.4 is 0 Å². The molecule has 18 heavy (non-hydrogen) atoms. The molecule has 0 aromatic carbocycles. The highest BCUT2D eigenvalue weighted by Gasteiger charge is 2.15. The van der Waals surface area contributed by atoms with Gasteiger partial charge in [-0.05, 0) is 38.0 Å². The Morgan fingerprint density at radius 2 is 1.56 bits per heavy atom. The van der Waals surface area contributed by atoms with Crippen LogP contribution in [0.3, 0.4) is 0 Å². The van der Waals surface area contributed by atoms with Crippen LogP contribution in [0, 0.1) is 11.3 Å². The molecule has 0 rings (SSSR count). The van der Waals surface area contributed by atoms with E-state index in [9.17, 15) is 0 Å². The van der Waals surface area contributed by atoms with Crippen molar-refractivity contribution in [1.29, 1.82) is 0 Å². The van der Waals surface area contributed by atoms with E-state index in [0.29, 0.717) is 31.2 Å². The Balaban J connectivity index is 3.64. The van der Waals surface area contributed by atoms with Crippen LogP contribution in [0.15, 0.2) is 0 Å². The maximum absolute atomic E-state index is 5.64. The predicted molar refractivity (Wildman–Crippen MR) is 75.7 cm³/mol. The molecule has 0 spiro atoms. The van der Waals surface area contributed by atoms with Crippen LogP contribution in [-0.4, -0.2) is 32.7 Å². The zero-order valence-electron chi connectivity index (χ0n) is 13.1. The molecule has 0 aromatic heterocycles. The molecule has 0 saturated carbocycles. The van der Waals surface area contributed by atoms with Crippen molar-refractivity contribution in [1.82, 2.24) is 0 Å². The van der Waals surface area contributed by atoms with E-state index >= 15 is 0 Å². The van der Waals surface area contributed by atoms with Gasteiger partial charge in [0.15, 0.2) is 6.29 Å². The van der Waals surface area contributed by atoms with E-state index in [1.165, 1.54) is 6.42 Å². The van der Waals surface area contributed by atoms with Gasteiger partial charge in [0.1, 0.15) is 0 Å². The lowest BCUT2D eigenvalue weighted by molar-refractivity contribution is -0.167. The van der Waals surface area contributed by atoms with E-state index in [1.54, 1.807) is 0 Å². The molecular weight excluding hydrogens is 228 g/mol. The average Bonchev–Trinajstić information content (AvgIpc) is 2.22. The lowest BCUT2D eigenvalue weighted by Gasteiger charge is -2.23. The molecule has 3 heteroatoms. The molecule has 3 nitrogen and oxygen atoms in total. The van der Waals surface area contributed by atoms with Gasteiger partial charge in [0.2, 0.25) is 0 Å². The smallest absolute Gasteiger partial charge is 0.180 e. The van der Waals surface area contributed by atoms with Crippen molar-refractivity contribution in [3.8, 4) is 0 Å². The molecule has 0 bridgehead atoms. The predicted octanol–water partition coefficient (Wildman–Crippen LogP) is 3.86. The van der Waals surface area contributed by atoms with Gasteiger partial charge in [0.05, 0.1) is 6.61 Å². The summed E-state index contributed by atoms with van der Waals surface area (Å²) in [7, 11) is 0. The van der Waals surface area contributed by atoms with Gasteiger partial charge >= 0.3 is 0 Å². The third kappa shape index (κ3) is 11.0. The molecule has 0 saturated heterocycles. The molecule has 0 fully saturated rings. The average molecular weight is 260 g/mol. The van der Waals surface area contributed by atoms with Crippen LogP contribution in [0.2, 0.25) is 0 Å². The highest BCUT2D eigenvalue weighted by Crippen LogP contribution is 2.25. The highest BCUT2D eigenvalue weighted by atomic mass is 16.7. The van der Waals surface area contributed by atoms with Gasteiger partial charge < -0.3 is 14.2 Å². The van der Waals surface area contributed by atoms with Gasteiger partial charge in [0.25, 0.3) is 0 Å². The number of ether oxygens (including phenoxy) is 3. The first-order valence-corrected chi connectivity index (χ1v) is 7.20. The molecule has 0 aliphatic heterocycles. The number of hydrogen-bond acceptors (Lipinski definition) is 3. The fourth-order valence-corrected chi connectivity index (χ4v) is 2.13. The normalized spacial score (nSPS) is 14.2. The van der Waals surface area contributed by atoms with Crippen molar-refractivity contribution < 1.29 is 14.2 Å². The monoisotopic (exact) mass is 260 g/mol. The maximum Gasteiger partial charge on any atom is 0.180 e. The van der Waals surface area contributed by atoms with E-state index in [2.05, 4.69) is 27.7 Å². The third-order valence-electron chi connectivity index (χ3n) is 2.67. The Hall–Kier alpha value is -0.120. The second-order valence-electron chi connectivity index (χ2n) is 6.07. The molecule has 0 N–H and O–H groups in total. The second-order valence-corrected chi connectivity index (χ2v) is 6.07.